The molecule has 200 valence electrons. The highest BCUT2D eigenvalue weighted by molar-refractivity contribution is 8.00. The van der Waals surface area contributed by atoms with Crippen molar-refractivity contribution in [2.75, 3.05) is 19.8 Å². The minimum Gasteiger partial charge on any atom is -0.395 e. The van der Waals surface area contributed by atoms with E-state index < -0.39 is 41.9 Å². The van der Waals surface area contributed by atoms with Crippen LogP contribution in [-0.4, -0.2) is 99.4 Å². The molecule has 0 saturated carbocycles. The van der Waals surface area contributed by atoms with Gasteiger partial charge in [0.1, 0.15) is 35.9 Å². The van der Waals surface area contributed by atoms with Crippen LogP contribution in [0.4, 0.5) is 0 Å². The Hall–Kier alpha value is -0.720. The van der Waals surface area contributed by atoms with Crippen molar-refractivity contribution >= 4 is 17.7 Å². The Morgan fingerprint density at radius 2 is 1.91 bits per heavy atom. The van der Waals surface area contributed by atoms with E-state index in [4.69, 9.17) is 9.47 Å². The highest BCUT2D eigenvalue weighted by Gasteiger charge is 2.49. The Kier molecular flexibility index (Phi) is 9.53. The molecule has 3 fully saturated rings. The SMILES string of the molecule is CC(C)C[C@@H]1CCO[C@@H]2[C@H](CN[C@@H]2C(=O)N[C@@H]2C/C=C\C[C@H](CO)S[C@H]3O[C@H]2[C@H](O)[C@H](O)[C@H]3O)C1. The number of carbonyl (C=O) groups is 1. The van der Waals surface area contributed by atoms with Crippen molar-refractivity contribution in [3.8, 4) is 0 Å². The van der Waals surface area contributed by atoms with Crippen LogP contribution in [0.15, 0.2) is 12.2 Å². The van der Waals surface area contributed by atoms with Gasteiger partial charge in [-0.05, 0) is 49.9 Å². The zero-order valence-corrected chi connectivity index (χ0v) is 21.5. The fourth-order valence-electron chi connectivity index (χ4n) is 5.99. The lowest BCUT2D eigenvalue weighted by Gasteiger charge is -2.44. The third kappa shape index (κ3) is 6.41. The van der Waals surface area contributed by atoms with Gasteiger partial charge in [-0.3, -0.25) is 4.79 Å². The summed E-state index contributed by atoms with van der Waals surface area (Å²) in [6, 6.07) is -1.08. The van der Waals surface area contributed by atoms with E-state index in [1.807, 2.05) is 12.2 Å². The van der Waals surface area contributed by atoms with Crippen LogP contribution in [-0.2, 0) is 14.3 Å². The van der Waals surface area contributed by atoms with Gasteiger partial charge in [0.15, 0.2) is 0 Å². The van der Waals surface area contributed by atoms with Crippen molar-refractivity contribution in [2.45, 2.75) is 99.2 Å². The topological polar surface area (TPSA) is 141 Å². The molecule has 1 amide bonds. The monoisotopic (exact) mass is 514 g/mol. The van der Waals surface area contributed by atoms with Gasteiger partial charge in [-0.25, -0.2) is 0 Å². The zero-order valence-electron chi connectivity index (χ0n) is 20.7. The molecule has 11 atom stereocenters. The first kappa shape index (κ1) is 27.3. The van der Waals surface area contributed by atoms with E-state index in [-0.39, 0.29) is 29.8 Å². The summed E-state index contributed by atoms with van der Waals surface area (Å²) in [6.45, 7) is 5.76. The molecule has 0 spiro atoms. The number of hydrogen-bond donors (Lipinski definition) is 6. The molecule has 0 aromatic rings. The first-order valence-electron chi connectivity index (χ1n) is 13.0. The molecular formula is C25H42N2O7S. The van der Waals surface area contributed by atoms with Gasteiger partial charge in [0, 0.05) is 18.4 Å². The summed E-state index contributed by atoms with van der Waals surface area (Å²) in [4.78, 5) is 13.4. The molecule has 4 aliphatic rings. The first-order chi connectivity index (χ1) is 16.8. The lowest BCUT2D eigenvalue weighted by molar-refractivity contribution is -0.205. The summed E-state index contributed by atoms with van der Waals surface area (Å²) in [5.41, 5.74) is -0.821. The molecule has 0 aromatic heterocycles. The predicted molar refractivity (Wildman–Crippen MR) is 133 cm³/mol. The van der Waals surface area contributed by atoms with Crippen molar-refractivity contribution in [3.63, 3.8) is 0 Å². The van der Waals surface area contributed by atoms with Gasteiger partial charge in [0.2, 0.25) is 5.91 Å². The smallest absolute Gasteiger partial charge is 0.240 e. The molecule has 6 N–H and O–H groups in total. The van der Waals surface area contributed by atoms with Crippen LogP contribution in [0.1, 0.15) is 46.0 Å². The highest BCUT2D eigenvalue weighted by Crippen LogP contribution is 2.36. The maximum absolute atomic E-state index is 13.4. The van der Waals surface area contributed by atoms with E-state index in [0.29, 0.717) is 31.3 Å². The summed E-state index contributed by atoms with van der Waals surface area (Å²) < 4.78 is 12.2. The molecule has 9 nitrogen and oxygen atoms in total. The van der Waals surface area contributed by atoms with Crippen LogP contribution < -0.4 is 10.6 Å². The Balaban J connectivity index is 1.46. The number of fused-ring (bicyclic) bond motifs is 3. The third-order valence-electron chi connectivity index (χ3n) is 7.77. The van der Waals surface area contributed by atoms with E-state index in [1.54, 1.807) is 0 Å². The second kappa shape index (κ2) is 12.2. The molecule has 0 aliphatic carbocycles. The number of aliphatic hydroxyl groups excluding tert-OH is 4. The predicted octanol–water partition coefficient (Wildman–Crippen LogP) is 0.152. The van der Waals surface area contributed by atoms with Gasteiger partial charge in [-0.15, -0.1) is 11.8 Å². The number of rotatable bonds is 5. The fraction of sp³-hybridized carbons (Fsp3) is 0.880. The zero-order chi connectivity index (χ0) is 25.1. The second-order valence-electron chi connectivity index (χ2n) is 10.9. The van der Waals surface area contributed by atoms with Crippen LogP contribution in [0.5, 0.6) is 0 Å². The molecule has 10 heteroatoms. The average Bonchev–Trinajstić information content (AvgIpc) is 3.11. The van der Waals surface area contributed by atoms with Gasteiger partial charge in [0.05, 0.1) is 18.8 Å². The van der Waals surface area contributed by atoms with Gasteiger partial charge >= 0.3 is 0 Å². The fourth-order valence-corrected chi connectivity index (χ4v) is 7.19. The maximum Gasteiger partial charge on any atom is 0.240 e. The standard InChI is InChI=1S/C25H42N2O7S/c1-13(2)9-14-7-8-33-22-15(10-14)11-26-18(22)24(32)27-17-6-4-3-5-16(12-28)35-25-21(31)19(29)20(30)23(17)34-25/h3-4,13-23,25-26,28-31H,5-12H2,1-2H3,(H,27,32)/b4-3-/t14-,15-,16+,17+,18-,19-,20+,21+,22+,23+,25+/m0/s1. The third-order valence-corrected chi connectivity index (χ3v) is 9.15. The van der Waals surface area contributed by atoms with E-state index >= 15 is 0 Å². The summed E-state index contributed by atoms with van der Waals surface area (Å²) in [5.74, 6) is 1.32. The molecule has 4 aliphatic heterocycles. The van der Waals surface area contributed by atoms with E-state index in [1.165, 1.54) is 18.2 Å². The number of carbonyl (C=O) groups excluding carboxylic acids is 1. The van der Waals surface area contributed by atoms with Crippen molar-refractivity contribution in [1.29, 1.82) is 0 Å². The van der Waals surface area contributed by atoms with E-state index in [2.05, 4.69) is 24.5 Å². The van der Waals surface area contributed by atoms with Crippen LogP contribution in [0.2, 0.25) is 0 Å². The molecule has 4 rings (SSSR count). The second-order valence-corrected chi connectivity index (χ2v) is 12.3. The summed E-state index contributed by atoms with van der Waals surface area (Å²) in [5, 5.41) is 47.6. The Labute approximate surface area is 212 Å². The molecule has 3 saturated heterocycles. The molecular weight excluding hydrogens is 472 g/mol. The van der Waals surface area contributed by atoms with Crippen LogP contribution in [0.3, 0.4) is 0 Å². The van der Waals surface area contributed by atoms with Crippen LogP contribution in [0, 0.1) is 17.8 Å². The number of thioether (sulfide) groups is 1. The van der Waals surface area contributed by atoms with Gasteiger partial charge in [-0.1, -0.05) is 26.0 Å². The molecule has 4 heterocycles. The highest BCUT2D eigenvalue weighted by atomic mass is 32.2. The number of ether oxygens (including phenoxy) is 2. The summed E-state index contributed by atoms with van der Waals surface area (Å²) in [6.07, 6.45) is 2.88. The normalized spacial score (nSPS) is 45.4. The van der Waals surface area contributed by atoms with Crippen molar-refractivity contribution in [1.82, 2.24) is 10.6 Å². The molecule has 0 radical (unpaired) electrons. The van der Waals surface area contributed by atoms with Gasteiger partial charge < -0.3 is 40.5 Å². The molecule has 35 heavy (non-hydrogen) atoms. The Morgan fingerprint density at radius 1 is 1.14 bits per heavy atom. The number of nitrogens with one attached hydrogen (secondary N) is 2. The molecule has 0 unspecified atom stereocenters. The number of aliphatic hydroxyl groups is 4. The van der Waals surface area contributed by atoms with E-state index in [0.717, 1.165) is 19.4 Å². The van der Waals surface area contributed by atoms with Crippen LogP contribution in [0.25, 0.3) is 0 Å². The van der Waals surface area contributed by atoms with E-state index in [9.17, 15) is 25.2 Å². The minimum absolute atomic E-state index is 0.0982. The average molecular weight is 515 g/mol. The largest absolute Gasteiger partial charge is 0.395 e. The van der Waals surface area contributed by atoms with Crippen molar-refractivity contribution < 1.29 is 34.7 Å². The van der Waals surface area contributed by atoms with Crippen molar-refractivity contribution in [3.05, 3.63) is 12.2 Å². The maximum atomic E-state index is 13.4. The van der Waals surface area contributed by atoms with Gasteiger partial charge in [-0.2, -0.15) is 0 Å². The first-order valence-corrected chi connectivity index (χ1v) is 14.0. The van der Waals surface area contributed by atoms with Crippen LogP contribution >= 0.6 is 11.8 Å². The van der Waals surface area contributed by atoms with Crippen molar-refractivity contribution in [2.24, 2.45) is 17.8 Å². The number of allylic oxidation sites excluding steroid dienone is 1. The summed E-state index contributed by atoms with van der Waals surface area (Å²) >= 11 is 1.24. The lowest BCUT2D eigenvalue weighted by Crippen LogP contribution is -2.64. The molecule has 0 aromatic carbocycles. The Bertz CT molecular complexity index is 741. The summed E-state index contributed by atoms with van der Waals surface area (Å²) in [7, 11) is 0. The number of amides is 1. The number of hydrogen-bond acceptors (Lipinski definition) is 9. The quantitative estimate of drug-likeness (QED) is 0.283. The molecule has 2 bridgehead atoms. The van der Waals surface area contributed by atoms with Gasteiger partial charge in [0.25, 0.3) is 0 Å². The minimum atomic E-state index is -1.41. The lowest BCUT2D eigenvalue weighted by atomic mass is 9.85. The Morgan fingerprint density at radius 3 is 2.66 bits per heavy atom.